The molecule has 2 aromatic carbocycles. The lowest BCUT2D eigenvalue weighted by atomic mass is 10.2. The van der Waals surface area contributed by atoms with Crippen molar-refractivity contribution >= 4 is 17.1 Å². The summed E-state index contributed by atoms with van der Waals surface area (Å²) in [4.78, 5) is 13.0. The Hall–Kier alpha value is -2.76. The molecule has 0 fully saturated rings. The summed E-state index contributed by atoms with van der Waals surface area (Å²) in [6.07, 6.45) is 0. The predicted molar refractivity (Wildman–Crippen MR) is 85.3 cm³/mol. The highest BCUT2D eigenvalue weighted by atomic mass is 16.6. The van der Waals surface area contributed by atoms with Crippen LogP contribution in [0.5, 0.6) is 11.5 Å². The summed E-state index contributed by atoms with van der Waals surface area (Å²) in [5.41, 5.74) is 1.24. The second-order valence-corrected chi connectivity index (χ2v) is 4.51. The second-order valence-electron chi connectivity index (χ2n) is 4.51. The molecule has 0 aliphatic carbocycles. The maximum absolute atomic E-state index is 11.6. The molecule has 0 unspecified atom stereocenters. The van der Waals surface area contributed by atoms with Gasteiger partial charge in [-0.15, -0.1) is 0 Å². The Morgan fingerprint density at radius 2 is 1.77 bits per heavy atom. The number of benzene rings is 2. The first kappa shape index (κ1) is 15.6. The van der Waals surface area contributed by atoms with E-state index in [1.54, 1.807) is 12.1 Å². The summed E-state index contributed by atoms with van der Waals surface area (Å²) < 4.78 is 10.4. The monoisotopic (exact) mass is 302 g/mol. The van der Waals surface area contributed by atoms with Crippen molar-refractivity contribution in [3.63, 3.8) is 0 Å². The maximum atomic E-state index is 11.6. The standard InChI is InChI=1S/C16H18N2O4/c1-4-17(12-8-6-5-7-9-12)13-10-11-14(21-2)16(22-3)15(13)18(19)20/h5-11H,4H2,1-3H3. The first-order valence-corrected chi connectivity index (χ1v) is 6.86. The second kappa shape index (κ2) is 6.80. The number of ether oxygens (including phenoxy) is 2. The van der Waals surface area contributed by atoms with Crippen LogP contribution in [0.4, 0.5) is 17.1 Å². The molecule has 0 aromatic heterocycles. The van der Waals surface area contributed by atoms with Gasteiger partial charge >= 0.3 is 5.69 Å². The first-order valence-electron chi connectivity index (χ1n) is 6.86. The largest absolute Gasteiger partial charge is 0.493 e. The Morgan fingerprint density at radius 3 is 2.27 bits per heavy atom. The minimum atomic E-state index is -0.442. The van der Waals surface area contributed by atoms with E-state index in [4.69, 9.17) is 9.47 Å². The van der Waals surface area contributed by atoms with E-state index in [-0.39, 0.29) is 11.4 Å². The van der Waals surface area contributed by atoms with Crippen LogP contribution < -0.4 is 14.4 Å². The number of hydrogen-bond acceptors (Lipinski definition) is 5. The summed E-state index contributed by atoms with van der Waals surface area (Å²) in [6.45, 7) is 2.52. The minimum Gasteiger partial charge on any atom is -0.493 e. The van der Waals surface area contributed by atoms with Gasteiger partial charge < -0.3 is 14.4 Å². The fourth-order valence-corrected chi connectivity index (χ4v) is 2.39. The number of hydrogen-bond donors (Lipinski definition) is 0. The summed E-state index contributed by atoms with van der Waals surface area (Å²) >= 11 is 0. The van der Waals surface area contributed by atoms with Crippen LogP contribution >= 0.6 is 0 Å². The van der Waals surface area contributed by atoms with Crippen LogP contribution in [0.2, 0.25) is 0 Å². The summed E-state index contributed by atoms with van der Waals surface area (Å²) in [5.74, 6) is 0.460. The van der Waals surface area contributed by atoms with Gasteiger partial charge in [0.15, 0.2) is 5.75 Å². The molecule has 0 aliphatic heterocycles. The maximum Gasteiger partial charge on any atom is 0.338 e. The van der Waals surface area contributed by atoms with Gasteiger partial charge in [0.05, 0.1) is 19.1 Å². The molecule has 116 valence electrons. The third-order valence-corrected chi connectivity index (χ3v) is 3.36. The van der Waals surface area contributed by atoms with E-state index in [2.05, 4.69) is 0 Å². The summed E-state index contributed by atoms with van der Waals surface area (Å²) in [7, 11) is 2.85. The Kier molecular flexibility index (Phi) is 4.83. The van der Waals surface area contributed by atoms with E-state index in [9.17, 15) is 10.1 Å². The number of rotatable bonds is 6. The van der Waals surface area contributed by atoms with E-state index < -0.39 is 4.92 Å². The van der Waals surface area contributed by atoms with Gasteiger partial charge in [-0.25, -0.2) is 0 Å². The summed E-state index contributed by atoms with van der Waals surface area (Å²) in [6, 6.07) is 12.9. The average Bonchev–Trinajstić information content (AvgIpc) is 2.55. The van der Waals surface area contributed by atoms with Gasteiger partial charge in [0, 0.05) is 12.2 Å². The predicted octanol–water partition coefficient (Wildman–Crippen LogP) is 3.77. The fraction of sp³-hybridized carbons (Fsp3) is 0.250. The topological polar surface area (TPSA) is 64.8 Å². The quantitative estimate of drug-likeness (QED) is 0.600. The number of para-hydroxylation sites is 1. The Balaban J connectivity index is 2.66. The van der Waals surface area contributed by atoms with Gasteiger partial charge in [-0.05, 0) is 31.2 Å². The third-order valence-electron chi connectivity index (χ3n) is 3.36. The molecular formula is C16H18N2O4. The third kappa shape index (κ3) is 2.81. The summed E-state index contributed by atoms with van der Waals surface area (Å²) in [5, 5.41) is 11.6. The molecule has 0 radical (unpaired) electrons. The lowest BCUT2D eigenvalue weighted by Gasteiger charge is -2.24. The molecule has 0 heterocycles. The highest BCUT2D eigenvalue weighted by Crippen LogP contribution is 2.45. The van der Waals surface area contributed by atoms with Gasteiger partial charge in [0.25, 0.3) is 0 Å². The van der Waals surface area contributed by atoms with E-state index in [1.807, 2.05) is 42.2 Å². The molecule has 22 heavy (non-hydrogen) atoms. The van der Waals surface area contributed by atoms with Gasteiger partial charge in [0.2, 0.25) is 5.75 Å². The zero-order valence-electron chi connectivity index (χ0n) is 12.8. The van der Waals surface area contributed by atoms with Crippen LogP contribution in [0, 0.1) is 10.1 Å². The van der Waals surface area contributed by atoms with Crippen LogP contribution in [0.15, 0.2) is 42.5 Å². The number of methoxy groups -OCH3 is 2. The van der Waals surface area contributed by atoms with E-state index in [1.165, 1.54) is 14.2 Å². The van der Waals surface area contributed by atoms with Gasteiger partial charge in [0.1, 0.15) is 5.69 Å². The van der Waals surface area contributed by atoms with E-state index in [0.717, 1.165) is 5.69 Å². The molecule has 0 saturated carbocycles. The van der Waals surface area contributed by atoms with Crippen molar-refractivity contribution in [3.05, 3.63) is 52.6 Å². The molecule has 0 aliphatic rings. The molecular weight excluding hydrogens is 284 g/mol. The van der Waals surface area contributed by atoms with Crippen molar-refractivity contribution in [1.29, 1.82) is 0 Å². The first-order chi connectivity index (χ1) is 10.6. The Bertz CT molecular complexity index is 659. The average molecular weight is 302 g/mol. The van der Waals surface area contributed by atoms with Gasteiger partial charge in [-0.1, -0.05) is 18.2 Å². The lowest BCUT2D eigenvalue weighted by molar-refractivity contribution is -0.385. The number of nitro benzene ring substituents is 1. The molecule has 0 spiro atoms. The molecule has 2 aromatic rings. The highest BCUT2D eigenvalue weighted by molar-refractivity contribution is 5.78. The van der Waals surface area contributed by atoms with Crippen LogP contribution in [-0.4, -0.2) is 25.7 Å². The number of nitrogens with zero attached hydrogens (tertiary/aromatic N) is 2. The lowest BCUT2D eigenvalue weighted by Crippen LogP contribution is -2.17. The SMILES string of the molecule is CCN(c1ccccc1)c1ccc(OC)c(OC)c1[N+](=O)[O-]. The molecule has 0 atom stereocenters. The zero-order valence-corrected chi connectivity index (χ0v) is 12.8. The highest BCUT2D eigenvalue weighted by Gasteiger charge is 2.28. The van der Waals surface area contributed by atoms with Crippen molar-refractivity contribution in [3.8, 4) is 11.5 Å². The van der Waals surface area contributed by atoms with E-state index in [0.29, 0.717) is 18.0 Å². The van der Waals surface area contributed by atoms with E-state index >= 15 is 0 Å². The Morgan fingerprint density at radius 1 is 1.09 bits per heavy atom. The van der Waals surface area contributed by atoms with Crippen LogP contribution in [0.1, 0.15) is 6.92 Å². The zero-order chi connectivity index (χ0) is 16.1. The van der Waals surface area contributed by atoms with Crippen molar-refractivity contribution in [2.45, 2.75) is 6.92 Å². The van der Waals surface area contributed by atoms with Crippen LogP contribution in [-0.2, 0) is 0 Å². The normalized spacial score (nSPS) is 10.1. The van der Waals surface area contributed by atoms with Crippen molar-refractivity contribution in [2.75, 3.05) is 25.7 Å². The van der Waals surface area contributed by atoms with Gasteiger partial charge in [-0.3, -0.25) is 10.1 Å². The minimum absolute atomic E-state index is 0.104. The van der Waals surface area contributed by atoms with Crippen molar-refractivity contribution in [1.82, 2.24) is 0 Å². The molecule has 2 rings (SSSR count). The molecule has 0 N–H and O–H groups in total. The molecule has 0 saturated heterocycles. The molecule has 6 heteroatoms. The van der Waals surface area contributed by atoms with Crippen LogP contribution in [0.25, 0.3) is 0 Å². The number of nitro groups is 1. The smallest absolute Gasteiger partial charge is 0.338 e. The molecule has 0 bridgehead atoms. The number of anilines is 2. The van der Waals surface area contributed by atoms with Crippen molar-refractivity contribution in [2.24, 2.45) is 0 Å². The van der Waals surface area contributed by atoms with Gasteiger partial charge in [-0.2, -0.15) is 0 Å². The molecule has 6 nitrogen and oxygen atoms in total. The Labute approximate surface area is 129 Å². The fourth-order valence-electron chi connectivity index (χ4n) is 2.39. The van der Waals surface area contributed by atoms with Crippen LogP contribution in [0.3, 0.4) is 0 Å². The van der Waals surface area contributed by atoms with Crippen molar-refractivity contribution < 1.29 is 14.4 Å². The molecule has 0 amide bonds.